The predicted molar refractivity (Wildman–Crippen MR) is 82.5 cm³/mol. The van der Waals surface area contributed by atoms with Crippen molar-refractivity contribution in [1.82, 2.24) is 9.55 Å². The fourth-order valence-electron chi connectivity index (χ4n) is 2.29. The van der Waals surface area contributed by atoms with Gasteiger partial charge in [0.1, 0.15) is 0 Å². The van der Waals surface area contributed by atoms with Crippen LogP contribution >= 0.6 is 11.3 Å². The maximum absolute atomic E-state index is 4.82. The molecule has 98 valence electrons. The Morgan fingerprint density at radius 1 is 1.21 bits per heavy atom. The second-order valence-corrected chi connectivity index (χ2v) is 5.97. The van der Waals surface area contributed by atoms with E-state index in [4.69, 9.17) is 4.98 Å². The molecule has 1 unspecified atom stereocenters. The summed E-state index contributed by atoms with van der Waals surface area (Å²) >= 11 is 1.76. The number of fused-ring (bicyclic) bond motifs is 1. The lowest BCUT2D eigenvalue weighted by atomic mass is 10.1. The topological polar surface area (TPSA) is 17.8 Å². The van der Waals surface area contributed by atoms with Gasteiger partial charge in [-0.25, -0.2) is 4.98 Å². The summed E-state index contributed by atoms with van der Waals surface area (Å²) in [6, 6.07) is 12.7. The number of thiophene rings is 1. The van der Waals surface area contributed by atoms with E-state index in [9.17, 15) is 0 Å². The van der Waals surface area contributed by atoms with Crippen LogP contribution in [0.3, 0.4) is 0 Å². The van der Waals surface area contributed by atoms with Gasteiger partial charge in [-0.05, 0) is 29.5 Å². The molecule has 2 aromatic heterocycles. The zero-order chi connectivity index (χ0) is 13.2. The van der Waals surface area contributed by atoms with Crippen molar-refractivity contribution in [3.05, 3.63) is 41.8 Å². The molecule has 3 aromatic rings. The van der Waals surface area contributed by atoms with E-state index in [1.54, 1.807) is 11.3 Å². The largest absolute Gasteiger partial charge is 0.323 e. The van der Waals surface area contributed by atoms with Crippen molar-refractivity contribution in [2.24, 2.45) is 5.92 Å². The smallest absolute Gasteiger partial charge is 0.151 e. The molecule has 0 bridgehead atoms. The van der Waals surface area contributed by atoms with E-state index in [0.29, 0.717) is 5.92 Å². The van der Waals surface area contributed by atoms with Gasteiger partial charge >= 0.3 is 0 Å². The number of aromatic nitrogens is 2. The molecule has 3 rings (SSSR count). The highest BCUT2D eigenvalue weighted by Crippen LogP contribution is 2.29. The second kappa shape index (κ2) is 5.17. The highest BCUT2D eigenvalue weighted by Gasteiger charge is 2.14. The van der Waals surface area contributed by atoms with E-state index in [1.165, 1.54) is 16.8 Å². The molecule has 0 saturated carbocycles. The molecule has 0 fully saturated rings. The molecular formula is C16H18N2S. The fourth-order valence-corrected chi connectivity index (χ4v) is 3.02. The van der Waals surface area contributed by atoms with Crippen molar-refractivity contribution in [3.63, 3.8) is 0 Å². The SMILES string of the molecule is CCC(C)Cn1c(-c2cccs2)nc2ccccc21. The molecule has 0 aliphatic rings. The molecule has 1 atom stereocenters. The average molecular weight is 270 g/mol. The van der Waals surface area contributed by atoms with Gasteiger partial charge in [0.2, 0.25) is 0 Å². The first-order valence-corrected chi connectivity index (χ1v) is 7.66. The monoisotopic (exact) mass is 270 g/mol. The minimum absolute atomic E-state index is 0.663. The molecule has 0 aliphatic carbocycles. The van der Waals surface area contributed by atoms with Crippen LogP contribution in [0.5, 0.6) is 0 Å². The van der Waals surface area contributed by atoms with E-state index in [1.807, 2.05) is 0 Å². The lowest BCUT2D eigenvalue weighted by molar-refractivity contribution is 0.479. The Bertz CT molecular complexity index is 667. The van der Waals surface area contributed by atoms with Gasteiger partial charge in [-0.1, -0.05) is 38.5 Å². The van der Waals surface area contributed by atoms with Gasteiger partial charge in [-0.15, -0.1) is 11.3 Å². The number of hydrogen-bond acceptors (Lipinski definition) is 2. The van der Waals surface area contributed by atoms with Crippen molar-refractivity contribution in [1.29, 1.82) is 0 Å². The maximum atomic E-state index is 4.82. The molecule has 1 aromatic carbocycles. The summed E-state index contributed by atoms with van der Waals surface area (Å²) in [7, 11) is 0. The first-order valence-electron chi connectivity index (χ1n) is 6.78. The lowest BCUT2D eigenvalue weighted by Gasteiger charge is -2.13. The van der Waals surface area contributed by atoms with Crippen LogP contribution in [0.15, 0.2) is 41.8 Å². The summed E-state index contributed by atoms with van der Waals surface area (Å²) in [6.07, 6.45) is 1.19. The second-order valence-electron chi connectivity index (χ2n) is 5.03. The van der Waals surface area contributed by atoms with Crippen LogP contribution in [-0.2, 0) is 6.54 Å². The van der Waals surface area contributed by atoms with E-state index in [0.717, 1.165) is 17.9 Å². The molecule has 0 saturated heterocycles. The number of rotatable bonds is 4. The van der Waals surface area contributed by atoms with Crippen LogP contribution < -0.4 is 0 Å². The minimum Gasteiger partial charge on any atom is -0.323 e. The third kappa shape index (κ3) is 2.30. The molecule has 0 radical (unpaired) electrons. The summed E-state index contributed by atoms with van der Waals surface area (Å²) in [6.45, 7) is 5.58. The van der Waals surface area contributed by atoms with E-state index >= 15 is 0 Å². The third-order valence-electron chi connectivity index (χ3n) is 3.59. The number of imidazole rings is 1. The average Bonchev–Trinajstić information content (AvgIpc) is 3.06. The minimum atomic E-state index is 0.663. The summed E-state index contributed by atoms with van der Waals surface area (Å²) in [5.74, 6) is 1.77. The third-order valence-corrected chi connectivity index (χ3v) is 4.45. The van der Waals surface area contributed by atoms with Crippen LogP contribution in [0.1, 0.15) is 20.3 Å². The van der Waals surface area contributed by atoms with Crippen LogP contribution in [0.2, 0.25) is 0 Å². The molecule has 0 N–H and O–H groups in total. The van der Waals surface area contributed by atoms with Crippen LogP contribution in [-0.4, -0.2) is 9.55 Å². The maximum Gasteiger partial charge on any atom is 0.151 e. The van der Waals surface area contributed by atoms with Gasteiger partial charge in [0.05, 0.1) is 15.9 Å². The summed E-state index contributed by atoms with van der Waals surface area (Å²) in [5, 5.41) is 2.11. The van der Waals surface area contributed by atoms with E-state index < -0.39 is 0 Å². The van der Waals surface area contributed by atoms with E-state index in [-0.39, 0.29) is 0 Å². The van der Waals surface area contributed by atoms with Gasteiger partial charge in [0, 0.05) is 6.54 Å². The van der Waals surface area contributed by atoms with Crippen molar-refractivity contribution < 1.29 is 0 Å². The van der Waals surface area contributed by atoms with Gasteiger partial charge in [0.15, 0.2) is 5.82 Å². The van der Waals surface area contributed by atoms with Crippen LogP contribution in [0.25, 0.3) is 21.7 Å². The predicted octanol–water partition coefficient (Wildman–Crippen LogP) is 4.81. The van der Waals surface area contributed by atoms with Gasteiger partial charge in [-0.2, -0.15) is 0 Å². The van der Waals surface area contributed by atoms with Gasteiger partial charge in [0.25, 0.3) is 0 Å². The Morgan fingerprint density at radius 3 is 2.79 bits per heavy atom. The Balaban J connectivity index is 2.17. The number of benzene rings is 1. The first kappa shape index (κ1) is 12.4. The number of para-hydroxylation sites is 2. The van der Waals surface area contributed by atoms with Crippen LogP contribution in [0.4, 0.5) is 0 Å². The Kier molecular flexibility index (Phi) is 3.38. The van der Waals surface area contributed by atoms with E-state index in [2.05, 4.69) is 60.2 Å². The van der Waals surface area contributed by atoms with Gasteiger partial charge in [-0.3, -0.25) is 0 Å². The van der Waals surface area contributed by atoms with Crippen molar-refractivity contribution in [3.8, 4) is 10.7 Å². The molecule has 2 heterocycles. The van der Waals surface area contributed by atoms with Crippen LogP contribution in [0, 0.1) is 5.92 Å². The van der Waals surface area contributed by atoms with Crippen molar-refractivity contribution >= 4 is 22.4 Å². The summed E-state index contributed by atoms with van der Waals surface area (Å²) < 4.78 is 2.37. The molecule has 0 aliphatic heterocycles. The first-order chi connectivity index (χ1) is 9.29. The number of nitrogens with zero attached hydrogens (tertiary/aromatic N) is 2. The Labute approximate surface area is 117 Å². The summed E-state index contributed by atoms with van der Waals surface area (Å²) in [5.41, 5.74) is 2.33. The van der Waals surface area contributed by atoms with Gasteiger partial charge < -0.3 is 4.57 Å². The fraction of sp³-hybridized carbons (Fsp3) is 0.312. The highest BCUT2D eigenvalue weighted by molar-refractivity contribution is 7.13. The molecule has 0 amide bonds. The summed E-state index contributed by atoms with van der Waals surface area (Å²) in [4.78, 5) is 6.07. The molecule has 19 heavy (non-hydrogen) atoms. The lowest BCUT2D eigenvalue weighted by Crippen LogP contribution is -2.07. The quantitative estimate of drug-likeness (QED) is 0.665. The molecular weight excluding hydrogens is 252 g/mol. The molecule has 3 heteroatoms. The normalized spacial score (nSPS) is 12.9. The molecule has 0 spiro atoms. The zero-order valence-corrected chi connectivity index (χ0v) is 12.2. The standard InChI is InChI=1S/C16H18N2S/c1-3-12(2)11-18-14-8-5-4-7-13(14)17-16(18)15-9-6-10-19-15/h4-10,12H,3,11H2,1-2H3. The molecule has 2 nitrogen and oxygen atoms in total. The highest BCUT2D eigenvalue weighted by atomic mass is 32.1. The van der Waals surface area contributed by atoms with Crippen molar-refractivity contribution in [2.75, 3.05) is 0 Å². The van der Waals surface area contributed by atoms with Crippen molar-refractivity contribution in [2.45, 2.75) is 26.8 Å². The zero-order valence-electron chi connectivity index (χ0n) is 11.3. The number of hydrogen-bond donors (Lipinski definition) is 0. The Morgan fingerprint density at radius 2 is 2.05 bits per heavy atom. The Hall–Kier alpha value is -1.61.